The second-order valence-corrected chi connectivity index (χ2v) is 4.09. The van der Waals surface area contributed by atoms with E-state index in [1.54, 1.807) is 28.9 Å². The van der Waals surface area contributed by atoms with Crippen molar-refractivity contribution >= 4 is 5.82 Å². The maximum Gasteiger partial charge on any atom is 0.127 e. The van der Waals surface area contributed by atoms with Crippen molar-refractivity contribution in [1.29, 1.82) is 0 Å². The zero-order valence-corrected chi connectivity index (χ0v) is 9.93. The van der Waals surface area contributed by atoms with Gasteiger partial charge in [-0.15, -0.1) is 0 Å². The first-order valence-corrected chi connectivity index (χ1v) is 5.84. The lowest BCUT2D eigenvalue weighted by molar-refractivity contribution is 0.475. The Morgan fingerprint density at radius 3 is 2.65 bits per heavy atom. The van der Waals surface area contributed by atoms with Crippen LogP contribution in [0.4, 0.5) is 5.82 Å². The molecule has 3 N–H and O–H groups in total. The van der Waals surface area contributed by atoms with Gasteiger partial charge in [-0.2, -0.15) is 5.10 Å². The number of aryl methyl sites for hydroxylation is 1. The molecule has 4 nitrogen and oxygen atoms in total. The highest BCUT2D eigenvalue weighted by Crippen LogP contribution is 2.18. The molecule has 2 rings (SSSR count). The number of hydrogen-bond acceptors (Lipinski definition) is 3. The van der Waals surface area contributed by atoms with Crippen LogP contribution in [-0.2, 0) is 6.42 Å². The van der Waals surface area contributed by atoms with Gasteiger partial charge >= 0.3 is 0 Å². The molecule has 0 atom stereocenters. The Morgan fingerprint density at radius 2 is 2.00 bits per heavy atom. The molecule has 0 aliphatic heterocycles. The van der Waals surface area contributed by atoms with Gasteiger partial charge in [0.25, 0.3) is 0 Å². The number of nitrogens with two attached hydrogens (primary N) is 1. The summed E-state index contributed by atoms with van der Waals surface area (Å²) >= 11 is 0. The number of anilines is 1. The molecule has 0 aliphatic carbocycles. The Hall–Kier alpha value is -1.97. The number of nitrogens with zero attached hydrogens (tertiary/aromatic N) is 2. The quantitative estimate of drug-likeness (QED) is 0.849. The number of unbranched alkanes of at least 4 members (excludes halogenated alkanes) is 1. The number of aromatic nitrogens is 2. The predicted molar refractivity (Wildman–Crippen MR) is 68.3 cm³/mol. The van der Waals surface area contributed by atoms with E-state index in [1.807, 2.05) is 6.07 Å². The van der Waals surface area contributed by atoms with Gasteiger partial charge in [-0.05, 0) is 37.1 Å². The minimum absolute atomic E-state index is 0.241. The normalized spacial score (nSPS) is 10.6. The van der Waals surface area contributed by atoms with E-state index in [0.717, 1.165) is 30.6 Å². The van der Waals surface area contributed by atoms with Crippen LogP contribution in [0.5, 0.6) is 5.75 Å². The van der Waals surface area contributed by atoms with Crippen LogP contribution in [-0.4, -0.2) is 14.9 Å². The van der Waals surface area contributed by atoms with Gasteiger partial charge in [0.1, 0.15) is 11.6 Å². The standard InChI is InChI=1S/C13H17N3O/c1-2-3-4-10-9-13(14)16(15-10)11-5-7-12(17)8-6-11/h5-9,17H,2-4,14H2,1H3. The van der Waals surface area contributed by atoms with Crippen molar-refractivity contribution in [2.24, 2.45) is 0 Å². The third kappa shape index (κ3) is 2.58. The largest absolute Gasteiger partial charge is 0.508 e. The van der Waals surface area contributed by atoms with Crippen molar-refractivity contribution in [3.05, 3.63) is 36.0 Å². The molecule has 1 heterocycles. The number of benzene rings is 1. The zero-order chi connectivity index (χ0) is 12.3. The summed E-state index contributed by atoms with van der Waals surface area (Å²) in [6.45, 7) is 2.15. The minimum atomic E-state index is 0.241. The number of phenolic OH excluding ortho intramolecular Hbond substituents is 1. The Bertz CT molecular complexity index is 488. The van der Waals surface area contributed by atoms with Crippen LogP contribution in [0.15, 0.2) is 30.3 Å². The molecule has 0 saturated heterocycles. The van der Waals surface area contributed by atoms with Crippen molar-refractivity contribution in [2.75, 3.05) is 5.73 Å². The predicted octanol–water partition coefficient (Wildman–Crippen LogP) is 2.50. The van der Waals surface area contributed by atoms with Gasteiger partial charge in [0.05, 0.1) is 11.4 Å². The smallest absolute Gasteiger partial charge is 0.127 e. The first-order chi connectivity index (χ1) is 8.20. The molecule has 0 radical (unpaired) electrons. The molecule has 1 aromatic carbocycles. The molecule has 0 spiro atoms. The fraction of sp³-hybridized carbons (Fsp3) is 0.308. The van der Waals surface area contributed by atoms with Crippen molar-refractivity contribution in [2.45, 2.75) is 26.2 Å². The van der Waals surface area contributed by atoms with Gasteiger partial charge in [0, 0.05) is 6.07 Å². The van der Waals surface area contributed by atoms with Crippen LogP contribution < -0.4 is 5.73 Å². The molecular formula is C13H17N3O. The second-order valence-electron chi connectivity index (χ2n) is 4.09. The summed E-state index contributed by atoms with van der Waals surface area (Å²) in [6, 6.07) is 8.75. The summed E-state index contributed by atoms with van der Waals surface area (Å²) in [5.74, 6) is 0.868. The molecule has 0 aliphatic rings. The summed E-state index contributed by atoms with van der Waals surface area (Å²) in [6.07, 6.45) is 3.21. The third-order valence-corrected chi connectivity index (χ3v) is 2.67. The van der Waals surface area contributed by atoms with Gasteiger partial charge in [-0.25, -0.2) is 4.68 Å². The van der Waals surface area contributed by atoms with Crippen molar-refractivity contribution < 1.29 is 5.11 Å². The number of rotatable bonds is 4. The summed E-state index contributed by atoms with van der Waals surface area (Å²) in [5, 5.41) is 13.7. The first kappa shape index (κ1) is 11.5. The fourth-order valence-electron chi connectivity index (χ4n) is 1.73. The Kier molecular flexibility index (Phi) is 3.32. The minimum Gasteiger partial charge on any atom is -0.508 e. The molecule has 4 heteroatoms. The third-order valence-electron chi connectivity index (χ3n) is 2.67. The lowest BCUT2D eigenvalue weighted by Gasteiger charge is -2.03. The van der Waals surface area contributed by atoms with Crippen molar-refractivity contribution in [3.63, 3.8) is 0 Å². The highest BCUT2D eigenvalue weighted by atomic mass is 16.3. The molecule has 0 bridgehead atoms. The maximum atomic E-state index is 9.23. The summed E-state index contributed by atoms with van der Waals surface area (Å²) < 4.78 is 1.70. The average Bonchev–Trinajstić information content (AvgIpc) is 2.69. The fourth-order valence-corrected chi connectivity index (χ4v) is 1.73. The highest BCUT2D eigenvalue weighted by Gasteiger charge is 2.06. The highest BCUT2D eigenvalue weighted by molar-refractivity contribution is 5.44. The van der Waals surface area contributed by atoms with Crippen LogP contribution in [0.25, 0.3) is 5.69 Å². The molecule has 90 valence electrons. The van der Waals surface area contributed by atoms with Crippen LogP contribution in [0, 0.1) is 0 Å². The average molecular weight is 231 g/mol. The Balaban J connectivity index is 2.26. The lowest BCUT2D eigenvalue weighted by atomic mass is 10.2. The topological polar surface area (TPSA) is 64.1 Å². The van der Waals surface area contributed by atoms with Gasteiger partial charge in [-0.1, -0.05) is 13.3 Å². The van der Waals surface area contributed by atoms with Crippen LogP contribution >= 0.6 is 0 Å². The lowest BCUT2D eigenvalue weighted by Crippen LogP contribution is -2.01. The molecule has 0 saturated carbocycles. The van der Waals surface area contributed by atoms with Crippen LogP contribution in [0.1, 0.15) is 25.5 Å². The first-order valence-electron chi connectivity index (χ1n) is 5.84. The summed E-state index contributed by atoms with van der Waals surface area (Å²) in [7, 11) is 0. The molecular weight excluding hydrogens is 214 g/mol. The number of nitrogen functional groups attached to an aromatic ring is 1. The van der Waals surface area contributed by atoms with Gasteiger partial charge in [0.15, 0.2) is 0 Å². The van der Waals surface area contributed by atoms with E-state index >= 15 is 0 Å². The molecule has 0 amide bonds. The van der Waals surface area contributed by atoms with Gasteiger partial charge < -0.3 is 10.8 Å². The van der Waals surface area contributed by atoms with Crippen LogP contribution in [0.3, 0.4) is 0 Å². The monoisotopic (exact) mass is 231 g/mol. The number of aromatic hydroxyl groups is 1. The van der Waals surface area contributed by atoms with E-state index in [2.05, 4.69) is 12.0 Å². The number of phenols is 1. The molecule has 1 aromatic heterocycles. The Morgan fingerprint density at radius 1 is 1.29 bits per heavy atom. The van der Waals surface area contributed by atoms with Crippen molar-refractivity contribution in [3.8, 4) is 11.4 Å². The van der Waals surface area contributed by atoms with E-state index in [4.69, 9.17) is 5.73 Å². The zero-order valence-electron chi connectivity index (χ0n) is 9.93. The van der Waals surface area contributed by atoms with E-state index in [0.29, 0.717) is 5.82 Å². The van der Waals surface area contributed by atoms with Crippen molar-refractivity contribution in [1.82, 2.24) is 9.78 Å². The van der Waals surface area contributed by atoms with E-state index < -0.39 is 0 Å². The molecule has 17 heavy (non-hydrogen) atoms. The second kappa shape index (κ2) is 4.91. The van der Waals surface area contributed by atoms with Gasteiger partial charge in [0.2, 0.25) is 0 Å². The SMILES string of the molecule is CCCCc1cc(N)n(-c2ccc(O)cc2)n1. The van der Waals surface area contributed by atoms with E-state index in [9.17, 15) is 5.11 Å². The molecule has 0 fully saturated rings. The maximum absolute atomic E-state index is 9.23. The molecule has 2 aromatic rings. The Labute approximate surface area is 101 Å². The van der Waals surface area contributed by atoms with Crippen LogP contribution in [0.2, 0.25) is 0 Å². The number of hydrogen-bond donors (Lipinski definition) is 2. The summed E-state index contributed by atoms with van der Waals surface area (Å²) in [5.41, 5.74) is 7.80. The molecule has 0 unspecified atom stereocenters. The van der Waals surface area contributed by atoms with E-state index in [-0.39, 0.29) is 5.75 Å². The van der Waals surface area contributed by atoms with Gasteiger partial charge in [-0.3, -0.25) is 0 Å². The van der Waals surface area contributed by atoms with E-state index in [1.165, 1.54) is 0 Å². The summed E-state index contributed by atoms with van der Waals surface area (Å²) in [4.78, 5) is 0.